The van der Waals surface area contributed by atoms with E-state index in [2.05, 4.69) is 38.4 Å². The molecule has 0 bridgehead atoms. The van der Waals surface area contributed by atoms with Gasteiger partial charge in [0.15, 0.2) is 0 Å². The normalized spacial score (nSPS) is 16.1. The molecule has 0 amide bonds. The van der Waals surface area contributed by atoms with Crippen LogP contribution in [0.2, 0.25) is 0 Å². The summed E-state index contributed by atoms with van der Waals surface area (Å²) in [5.74, 6) is 1.95. The molecule has 1 aliphatic carbocycles. The van der Waals surface area contributed by atoms with Gasteiger partial charge in [-0.2, -0.15) is 0 Å². The fourth-order valence-corrected chi connectivity index (χ4v) is 3.85. The second-order valence-electron chi connectivity index (χ2n) is 4.96. The van der Waals surface area contributed by atoms with Crippen molar-refractivity contribution in [2.75, 3.05) is 5.73 Å². The molecule has 5 heteroatoms. The Balaban J connectivity index is 1.92. The average molecular weight is 338 g/mol. The Labute approximate surface area is 125 Å². The summed E-state index contributed by atoms with van der Waals surface area (Å²) in [4.78, 5) is 10.4. The molecule has 0 saturated heterocycles. The third-order valence-electron chi connectivity index (χ3n) is 3.60. The Morgan fingerprint density at radius 1 is 1.32 bits per heavy atom. The molecular formula is C14H16BrN3S. The number of halogens is 1. The molecule has 0 spiro atoms. The summed E-state index contributed by atoms with van der Waals surface area (Å²) in [6, 6.07) is 4.17. The fraction of sp³-hybridized carbons (Fsp3) is 0.429. The number of nitrogen functional groups attached to an aromatic ring is 1. The van der Waals surface area contributed by atoms with Crippen molar-refractivity contribution >= 4 is 33.1 Å². The fourth-order valence-electron chi connectivity index (χ4n) is 2.65. The first kappa shape index (κ1) is 13.1. The molecule has 3 rings (SSSR count). The minimum Gasteiger partial charge on any atom is -0.383 e. The van der Waals surface area contributed by atoms with Gasteiger partial charge >= 0.3 is 0 Å². The quantitative estimate of drug-likeness (QED) is 0.915. The van der Waals surface area contributed by atoms with E-state index in [1.807, 2.05) is 0 Å². The maximum absolute atomic E-state index is 6.02. The van der Waals surface area contributed by atoms with E-state index in [0.29, 0.717) is 11.7 Å². The van der Waals surface area contributed by atoms with Crippen molar-refractivity contribution in [3.63, 3.8) is 0 Å². The maximum Gasteiger partial charge on any atom is 0.141 e. The largest absolute Gasteiger partial charge is 0.383 e. The van der Waals surface area contributed by atoms with Crippen LogP contribution in [0.25, 0.3) is 0 Å². The van der Waals surface area contributed by atoms with Gasteiger partial charge in [-0.3, -0.25) is 0 Å². The van der Waals surface area contributed by atoms with Gasteiger partial charge in [0.1, 0.15) is 11.6 Å². The zero-order chi connectivity index (χ0) is 13.2. The zero-order valence-corrected chi connectivity index (χ0v) is 13.0. The van der Waals surface area contributed by atoms with Crippen molar-refractivity contribution < 1.29 is 0 Å². The summed E-state index contributed by atoms with van der Waals surface area (Å²) in [6.45, 7) is 0. The van der Waals surface area contributed by atoms with Crippen LogP contribution in [-0.4, -0.2) is 9.97 Å². The van der Waals surface area contributed by atoms with Gasteiger partial charge in [-0.1, -0.05) is 18.9 Å². The molecule has 0 atom stereocenters. The topological polar surface area (TPSA) is 51.8 Å². The van der Waals surface area contributed by atoms with Crippen molar-refractivity contribution in [2.45, 2.75) is 38.0 Å². The summed E-state index contributed by atoms with van der Waals surface area (Å²) < 4.78 is 0.898. The van der Waals surface area contributed by atoms with Crippen LogP contribution < -0.4 is 5.73 Å². The lowest BCUT2D eigenvalue weighted by Crippen LogP contribution is -2.08. The number of nitrogens with zero attached hydrogens (tertiary/aromatic N) is 2. The van der Waals surface area contributed by atoms with Crippen molar-refractivity contribution in [3.05, 3.63) is 38.4 Å². The minimum atomic E-state index is 0.543. The van der Waals surface area contributed by atoms with E-state index < -0.39 is 0 Å². The minimum absolute atomic E-state index is 0.543. The Morgan fingerprint density at radius 2 is 2.11 bits per heavy atom. The van der Waals surface area contributed by atoms with E-state index in [0.717, 1.165) is 22.4 Å². The summed E-state index contributed by atoms with van der Waals surface area (Å²) >= 11 is 5.29. The number of hydrogen-bond donors (Lipinski definition) is 1. The van der Waals surface area contributed by atoms with Crippen LogP contribution in [0, 0.1) is 0 Å². The molecule has 1 saturated carbocycles. The van der Waals surface area contributed by atoms with Crippen LogP contribution in [0.15, 0.2) is 22.0 Å². The molecule has 0 aromatic carbocycles. The monoisotopic (exact) mass is 337 g/mol. The van der Waals surface area contributed by atoms with Crippen LogP contribution in [0.3, 0.4) is 0 Å². The Bertz CT molecular complexity index is 562. The number of aromatic nitrogens is 2. The number of thiophene rings is 1. The van der Waals surface area contributed by atoms with E-state index in [4.69, 9.17) is 10.7 Å². The first-order valence-corrected chi connectivity index (χ1v) is 8.25. The first-order chi connectivity index (χ1) is 9.24. The smallest absolute Gasteiger partial charge is 0.141 e. The highest BCUT2D eigenvalue weighted by Gasteiger charge is 2.23. The molecule has 3 nitrogen and oxygen atoms in total. The molecule has 0 radical (unpaired) electrons. The van der Waals surface area contributed by atoms with Crippen LogP contribution in [0.4, 0.5) is 5.82 Å². The molecule has 19 heavy (non-hydrogen) atoms. The average Bonchev–Trinajstić information content (AvgIpc) is 3.06. The van der Waals surface area contributed by atoms with Crippen LogP contribution in [0.5, 0.6) is 0 Å². The third-order valence-corrected chi connectivity index (χ3v) is 5.29. The van der Waals surface area contributed by atoms with Gasteiger partial charge in [-0.15, -0.1) is 11.3 Å². The van der Waals surface area contributed by atoms with E-state index in [1.54, 1.807) is 11.3 Å². The first-order valence-electron chi connectivity index (χ1n) is 6.58. The molecule has 2 heterocycles. The number of hydrogen-bond acceptors (Lipinski definition) is 4. The van der Waals surface area contributed by atoms with Gasteiger partial charge < -0.3 is 5.73 Å². The third kappa shape index (κ3) is 2.82. The van der Waals surface area contributed by atoms with E-state index >= 15 is 0 Å². The number of anilines is 1. The highest BCUT2D eigenvalue weighted by Crippen LogP contribution is 2.38. The number of rotatable bonds is 3. The van der Waals surface area contributed by atoms with Crippen LogP contribution in [0.1, 0.15) is 48.0 Å². The summed E-state index contributed by atoms with van der Waals surface area (Å²) in [5.41, 5.74) is 7.13. The van der Waals surface area contributed by atoms with E-state index in [9.17, 15) is 0 Å². The molecule has 0 aliphatic heterocycles. The zero-order valence-electron chi connectivity index (χ0n) is 10.6. The summed E-state index contributed by atoms with van der Waals surface area (Å²) in [5, 5.41) is 2.08. The van der Waals surface area contributed by atoms with Gasteiger partial charge in [0, 0.05) is 17.2 Å². The van der Waals surface area contributed by atoms with Gasteiger partial charge in [-0.25, -0.2) is 9.97 Å². The van der Waals surface area contributed by atoms with Gasteiger partial charge in [-0.05, 0) is 40.2 Å². The summed E-state index contributed by atoms with van der Waals surface area (Å²) in [6.07, 6.45) is 5.79. The SMILES string of the molecule is Nc1nc(Cc2cccs2)nc(C2CCCC2)c1Br. The second kappa shape index (κ2) is 5.59. The summed E-state index contributed by atoms with van der Waals surface area (Å²) in [7, 11) is 0. The molecule has 1 aliphatic rings. The molecule has 100 valence electrons. The van der Waals surface area contributed by atoms with Crippen LogP contribution in [-0.2, 0) is 6.42 Å². The lowest BCUT2D eigenvalue weighted by molar-refractivity contribution is 0.682. The van der Waals surface area contributed by atoms with Crippen molar-refractivity contribution in [1.82, 2.24) is 9.97 Å². The second-order valence-corrected chi connectivity index (χ2v) is 6.79. The van der Waals surface area contributed by atoms with Gasteiger partial charge in [0.25, 0.3) is 0 Å². The molecule has 2 N–H and O–H groups in total. The lowest BCUT2D eigenvalue weighted by atomic mass is 10.0. The molecule has 1 fully saturated rings. The van der Waals surface area contributed by atoms with Crippen molar-refractivity contribution in [1.29, 1.82) is 0 Å². The Kier molecular flexibility index (Phi) is 3.84. The highest BCUT2D eigenvalue weighted by atomic mass is 79.9. The van der Waals surface area contributed by atoms with Crippen LogP contribution >= 0.6 is 27.3 Å². The van der Waals surface area contributed by atoms with Gasteiger partial charge in [0.05, 0.1) is 10.2 Å². The van der Waals surface area contributed by atoms with Crippen molar-refractivity contribution in [2.24, 2.45) is 0 Å². The molecule has 2 aromatic rings. The predicted octanol–water partition coefficient (Wildman–Crippen LogP) is 4.13. The molecular weight excluding hydrogens is 322 g/mol. The highest BCUT2D eigenvalue weighted by molar-refractivity contribution is 9.10. The maximum atomic E-state index is 6.02. The van der Waals surface area contributed by atoms with E-state index in [-0.39, 0.29) is 0 Å². The lowest BCUT2D eigenvalue weighted by Gasteiger charge is -2.13. The Hall–Kier alpha value is -0.940. The molecule has 0 unspecified atom stereocenters. The molecule has 2 aromatic heterocycles. The van der Waals surface area contributed by atoms with E-state index in [1.165, 1.54) is 30.6 Å². The Morgan fingerprint density at radius 3 is 2.79 bits per heavy atom. The standard InChI is InChI=1S/C14H16BrN3S/c15-12-13(9-4-1-2-5-9)17-11(18-14(12)16)8-10-6-3-7-19-10/h3,6-7,9H,1-2,4-5,8H2,(H2,16,17,18). The van der Waals surface area contributed by atoms with Gasteiger partial charge in [0.2, 0.25) is 0 Å². The number of nitrogens with two attached hydrogens (primary N) is 1. The van der Waals surface area contributed by atoms with Crippen molar-refractivity contribution in [3.8, 4) is 0 Å². The predicted molar refractivity (Wildman–Crippen MR) is 82.5 cm³/mol.